The van der Waals surface area contributed by atoms with Crippen molar-refractivity contribution in [3.63, 3.8) is 0 Å². The first-order chi connectivity index (χ1) is 8.70. The van der Waals surface area contributed by atoms with Gasteiger partial charge in [0.05, 0.1) is 19.6 Å². The Kier molecular flexibility index (Phi) is 4.58. The van der Waals surface area contributed by atoms with E-state index in [1.807, 2.05) is 4.90 Å². The van der Waals surface area contributed by atoms with E-state index in [2.05, 4.69) is 4.90 Å². The fourth-order valence-corrected chi connectivity index (χ4v) is 2.82. The van der Waals surface area contributed by atoms with Crippen LogP contribution in [-0.4, -0.2) is 61.5 Å². The van der Waals surface area contributed by atoms with Gasteiger partial charge in [-0.05, 0) is 32.2 Å². The quantitative estimate of drug-likeness (QED) is 0.688. The summed E-state index contributed by atoms with van der Waals surface area (Å²) in [6, 6.07) is 0. The second kappa shape index (κ2) is 6.18. The van der Waals surface area contributed by atoms with Crippen molar-refractivity contribution in [3.8, 4) is 0 Å². The number of hydrogen-bond acceptors (Lipinski definition) is 4. The SMILES string of the molecule is COC(=O)[C@H]1CCCN(CC(=O)N2CCCC2)C1. The highest BCUT2D eigenvalue weighted by Crippen LogP contribution is 2.18. The third kappa shape index (κ3) is 3.22. The monoisotopic (exact) mass is 254 g/mol. The number of amides is 1. The summed E-state index contributed by atoms with van der Waals surface area (Å²) in [7, 11) is 1.43. The van der Waals surface area contributed by atoms with Gasteiger partial charge in [-0.2, -0.15) is 0 Å². The minimum absolute atomic E-state index is 0.0601. The van der Waals surface area contributed by atoms with E-state index >= 15 is 0 Å². The van der Waals surface area contributed by atoms with E-state index in [0.717, 1.165) is 45.3 Å². The molecule has 102 valence electrons. The van der Waals surface area contributed by atoms with Gasteiger partial charge in [-0.1, -0.05) is 0 Å². The van der Waals surface area contributed by atoms with Crippen LogP contribution in [0.3, 0.4) is 0 Å². The predicted octanol–water partition coefficient (Wildman–Crippen LogP) is 0.494. The molecule has 0 N–H and O–H groups in total. The van der Waals surface area contributed by atoms with Gasteiger partial charge in [-0.25, -0.2) is 0 Å². The first kappa shape index (κ1) is 13.3. The Morgan fingerprint density at radius 3 is 2.56 bits per heavy atom. The van der Waals surface area contributed by atoms with Crippen LogP contribution >= 0.6 is 0 Å². The maximum absolute atomic E-state index is 12.0. The van der Waals surface area contributed by atoms with Crippen molar-refractivity contribution in [1.82, 2.24) is 9.80 Å². The summed E-state index contributed by atoms with van der Waals surface area (Å²) in [6.07, 6.45) is 4.08. The Hall–Kier alpha value is -1.10. The molecule has 0 aromatic rings. The maximum atomic E-state index is 12.0. The Labute approximate surface area is 108 Å². The average molecular weight is 254 g/mol. The molecule has 1 atom stereocenters. The number of nitrogens with zero attached hydrogens (tertiary/aromatic N) is 2. The molecule has 2 saturated heterocycles. The number of esters is 1. The molecule has 2 aliphatic heterocycles. The van der Waals surface area contributed by atoms with Gasteiger partial charge in [0.1, 0.15) is 0 Å². The van der Waals surface area contributed by atoms with Crippen LogP contribution in [0.5, 0.6) is 0 Å². The normalized spacial score (nSPS) is 25.2. The largest absolute Gasteiger partial charge is 0.469 e. The van der Waals surface area contributed by atoms with Gasteiger partial charge in [0, 0.05) is 19.6 Å². The standard InChI is InChI=1S/C13H22N2O3/c1-18-13(17)11-5-4-6-14(9-11)10-12(16)15-7-2-3-8-15/h11H,2-10H2,1H3/t11-/m0/s1. The predicted molar refractivity (Wildman–Crippen MR) is 67.0 cm³/mol. The zero-order chi connectivity index (χ0) is 13.0. The van der Waals surface area contributed by atoms with Crippen LogP contribution in [0.2, 0.25) is 0 Å². The highest BCUT2D eigenvalue weighted by molar-refractivity contribution is 5.78. The Morgan fingerprint density at radius 2 is 1.89 bits per heavy atom. The molecule has 18 heavy (non-hydrogen) atoms. The summed E-state index contributed by atoms with van der Waals surface area (Å²) in [5.41, 5.74) is 0. The van der Waals surface area contributed by atoms with E-state index in [-0.39, 0.29) is 17.8 Å². The molecular formula is C13H22N2O3. The van der Waals surface area contributed by atoms with Crippen molar-refractivity contribution in [2.45, 2.75) is 25.7 Å². The molecule has 0 aliphatic carbocycles. The van der Waals surface area contributed by atoms with Gasteiger partial charge < -0.3 is 9.64 Å². The minimum Gasteiger partial charge on any atom is -0.469 e. The highest BCUT2D eigenvalue weighted by atomic mass is 16.5. The number of ether oxygens (including phenoxy) is 1. The molecular weight excluding hydrogens is 232 g/mol. The van der Waals surface area contributed by atoms with Crippen molar-refractivity contribution in [1.29, 1.82) is 0 Å². The molecule has 0 aromatic carbocycles. The lowest BCUT2D eigenvalue weighted by Crippen LogP contribution is -2.45. The topological polar surface area (TPSA) is 49.9 Å². The number of carbonyl (C=O) groups is 2. The number of methoxy groups -OCH3 is 1. The number of likely N-dealkylation sites (tertiary alicyclic amines) is 2. The van der Waals surface area contributed by atoms with Crippen LogP contribution in [0.1, 0.15) is 25.7 Å². The third-order valence-corrected chi connectivity index (χ3v) is 3.86. The second-order valence-corrected chi connectivity index (χ2v) is 5.19. The van der Waals surface area contributed by atoms with Crippen molar-refractivity contribution in [3.05, 3.63) is 0 Å². The molecule has 5 heteroatoms. The molecule has 5 nitrogen and oxygen atoms in total. The van der Waals surface area contributed by atoms with Crippen LogP contribution in [0.15, 0.2) is 0 Å². The number of piperidine rings is 1. The summed E-state index contributed by atoms with van der Waals surface area (Å²) in [5, 5.41) is 0. The summed E-state index contributed by atoms with van der Waals surface area (Å²) >= 11 is 0. The lowest BCUT2D eigenvalue weighted by atomic mass is 9.98. The van der Waals surface area contributed by atoms with Gasteiger partial charge in [0.25, 0.3) is 0 Å². The second-order valence-electron chi connectivity index (χ2n) is 5.19. The molecule has 0 spiro atoms. The van der Waals surface area contributed by atoms with Crippen LogP contribution < -0.4 is 0 Å². The smallest absolute Gasteiger partial charge is 0.309 e. The Balaban J connectivity index is 1.81. The van der Waals surface area contributed by atoms with Crippen LogP contribution in [0, 0.1) is 5.92 Å². The zero-order valence-corrected chi connectivity index (χ0v) is 11.1. The van der Waals surface area contributed by atoms with E-state index in [1.165, 1.54) is 7.11 Å². The fraction of sp³-hybridized carbons (Fsp3) is 0.846. The van der Waals surface area contributed by atoms with Crippen molar-refractivity contribution in [2.75, 3.05) is 39.8 Å². The van der Waals surface area contributed by atoms with Crippen molar-refractivity contribution >= 4 is 11.9 Å². The number of carbonyl (C=O) groups excluding carboxylic acids is 2. The lowest BCUT2D eigenvalue weighted by molar-refractivity contribution is -0.148. The van der Waals surface area contributed by atoms with Gasteiger partial charge >= 0.3 is 5.97 Å². The summed E-state index contributed by atoms with van der Waals surface area (Å²) < 4.78 is 4.78. The Bertz CT molecular complexity index is 313. The highest BCUT2D eigenvalue weighted by Gasteiger charge is 2.28. The van der Waals surface area contributed by atoms with Crippen LogP contribution in [0.25, 0.3) is 0 Å². The first-order valence-electron chi connectivity index (χ1n) is 6.78. The van der Waals surface area contributed by atoms with E-state index in [4.69, 9.17) is 4.74 Å². The molecule has 0 saturated carbocycles. The number of hydrogen-bond donors (Lipinski definition) is 0. The van der Waals surface area contributed by atoms with E-state index < -0.39 is 0 Å². The summed E-state index contributed by atoms with van der Waals surface area (Å²) in [5.74, 6) is 0.00136. The van der Waals surface area contributed by atoms with Gasteiger partial charge in [0.2, 0.25) is 5.91 Å². The summed E-state index contributed by atoms with van der Waals surface area (Å²) in [6.45, 7) is 3.81. The van der Waals surface area contributed by atoms with Crippen LogP contribution in [-0.2, 0) is 14.3 Å². The molecule has 2 aliphatic rings. The molecule has 0 bridgehead atoms. The molecule has 2 heterocycles. The molecule has 0 aromatic heterocycles. The zero-order valence-electron chi connectivity index (χ0n) is 11.1. The molecule has 2 fully saturated rings. The fourth-order valence-electron chi connectivity index (χ4n) is 2.82. The first-order valence-corrected chi connectivity index (χ1v) is 6.78. The molecule has 0 radical (unpaired) electrons. The maximum Gasteiger partial charge on any atom is 0.309 e. The third-order valence-electron chi connectivity index (χ3n) is 3.86. The lowest BCUT2D eigenvalue weighted by Gasteiger charge is -2.31. The number of rotatable bonds is 3. The van der Waals surface area contributed by atoms with E-state index in [1.54, 1.807) is 0 Å². The Morgan fingerprint density at radius 1 is 1.17 bits per heavy atom. The average Bonchev–Trinajstić information content (AvgIpc) is 2.92. The van der Waals surface area contributed by atoms with Gasteiger partial charge in [-0.15, -0.1) is 0 Å². The molecule has 0 unspecified atom stereocenters. The van der Waals surface area contributed by atoms with E-state index in [0.29, 0.717) is 13.1 Å². The molecule has 1 amide bonds. The van der Waals surface area contributed by atoms with Gasteiger partial charge in [0.15, 0.2) is 0 Å². The minimum atomic E-state index is -0.145. The van der Waals surface area contributed by atoms with Crippen LogP contribution in [0.4, 0.5) is 0 Å². The van der Waals surface area contributed by atoms with Crippen molar-refractivity contribution < 1.29 is 14.3 Å². The molecule has 2 rings (SSSR count). The van der Waals surface area contributed by atoms with E-state index in [9.17, 15) is 9.59 Å². The summed E-state index contributed by atoms with van der Waals surface area (Å²) in [4.78, 5) is 27.6. The van der Waals surface area contributed by atoms with Crippen molar-refractivity contribution in [2.24, 2.45) is 5.92 Å². The van der Waals surface area contributed by atoms with Gasteiger partial charge in [-0.3, -0.25) is 14.5 Å².